The Labute approximate surface area is 124 Å². The van der Waals surface area contributed by atoms with Crippen LogP contribution in [0.15, 0.2) is 55.4 Å². The van der Waals surface area contributed by atoms with E-state index in [-0.39, 0.29) is 11.8 Å². The Hall–Kier alpha value is -2.36. The van der Waals surface area contributed by atoms with Gasteiger partial charge in [0.25, 0.3) is 0 Å². The number of para-hydroxylation sites is 1. The molecule has 4 heteroatoms. The van der Waals surface area contributed by atoms with Crippen LogP contribution in [0, 0.1) is 5.92 Å². The molecule has 1 saturated carbocycles. The second-order valence-electron chi connectivity index (χ2n) is 5.47. The summed E-state index contributed by atoms with van der Waals surface area (Å²) in [7, 11) is 1.90. The summed E-state index contributed by atoms with van der Waals surface area (Å²) in [6, 6.07) is 9.77. The highest BCUT2D eigenvalue weighted by Gasteiger charge is 2.46. The van der Waals surface area contributed by atoms with Gasteiger partial charge in [-0.1, -0.05) is 24.3 Å². The van der Waals surface area contributed by atoms with Crippen molar-refractivity contribution in [3.8, 4) is 0 Å². The van der Waals surface area contributed by atoms with E-state index < -0.39 is 0 Å². The Morgan fingerprint density at radius 2 is 2.24 bits per heavy atom. The Kier molecular flexibility index (Phi) is 3.60. The fourth-order valence-corrected chi connectivity index (χ4v) is 2.73. The molecular weight excluding hydrogens is 262 g/mol. The van der Waals surface area contributed by atoms with Gasteiger partial charge in [-0.2, -0.15) is 5.10 Å². The molecule has 1 fully saturated rings. The lowest BCUT2D eigenvalue weighted by atomic mass is 10.1. The van der Waals surface area contributed by atoms with Gasteiger partial charge in [-0.05, 0) is 30.0 Å². The molecule has 4 nitrogen and oxygen atoms in total. The van der Waals surface area contributed by atoms with Crippen LogP contribution in [0.3, 0.4) is 0 Å². The molecule has 0 saturated heterocycles. The molecule has 0 bridgehead atoms. The highest BCUT2D eigenvalue weighted by Crippen LogP contribution is 2.48. The lowest BCUT2D eigenvalue weighted by Crippen LogP contribution is -2.32. The fourth-order valence-electron chi connectivity index (χ4n) is 2.73. The number of rotatable bonds is 5. The van der Waals surface area contributed by atoms with Gasteiger partial charge in [0.2, 0.25) is 5.91 Å². The van der Waals surface area contributed by atoms with Gasteiger partial charge >= 0.3 is 0 Å². The Morgan fingerprint density at radius 1 is 1.48 bits per heavy atom. The number of amides is 1. The first-order valence-corrected chi connectivity index (χ1v) is 7.16. The minimum atomic E-state index is 0.0642. The van der Waals surface area contributed by atoms with E-state index in [4.69, 9.17) is 0 Å². The summed E-state index contributed by atoms with van der Waals surface area (Å²) in [5.41, 5.74) is 2.08. The van der Waals surface area contributed by atoms with E-state index in [1.807, 2.05) is 54.7 Å². The van der Waals surface area contributed by atoms with E-state index in [2.05, 4.69) is 11.7 Å². The van der Waals surface area contributed by atoms with Crippen molar-refractivity contribution in [2.75, 3.05) is 11.4 Å². The van der Waals surface area contributed by atoms with Crippen LogP contribution in [0.4, 0.5) is 5.69 Å². The molecule has 3 rings (SSSR count). The molecule has 108 valence electrons. The largest absolute Gasteiger partial charge is 0.308 e. The average molecular weight is 281 g/mol. The van der Waals surface area contributed by atoms with Gasteiger partial charge < -0.3 is 4.90 Å². The summed E-state index contributed by atoms with van der Waals surface area (Å²) >= 11 is 0. The van der Waals surface area contributed by atoms with E-state index >= 15 is 0 Å². The molecule has 1 aromatic heterocycles. The number of hydrogen-bond donors (Lipinski definition) is 0. The molecule has 0 N–H and O–H groups in total. The van der Waals surface area contributed by atoms with Gasteiger partial charge in [-0.15, -0.1) is 6.58 Å². The molecule has 21 heavy (non-hydrogen) atoms. The quantitative estimate of drug-likeness (QED) is 0.790. The van der Waals surface area contributed by atoms with Crippen LogP contribution in [-0.2, 0) is 11.8 Å². The SMILES string of the molecule is C=CCN(C(=O)[C@@H]1C[C@@H]1c1cnn(C)c1)c1ccccc1. The van der Waals surface area contributed by atoms with Crippen LogP contribution >= 0.6 is 0 Å². The average Bonchev–Trinajstić information content (AvgIpc) is 3.20. The molecule has 2 atom stereocenters. The van der Waals surface area contributed by atoms with E-state index in [0.29, 0.717) is 12.5 Å². The minimum Gasteiger partial charge on any atom is -0.308 e. The zero-order valence-corrected chi connectivity index (χ0v) is 12.1. The van der Waals surface area contributed by atoms with Gasteiger partial charge in [0.15, 0.2) is 0 Å². The first kappa shape index (κ1) is 13.6. The van der Waals surface area contributed by atoms with E-state index in [0.717, 1.165) is 17.7 Å². The maximum atomic E-state index is 12.7. The summed E-state index contributed by atoms with van der Waals surface area (Å²) in [6.45, 7) is 4.30. The number of aromatic nitrogens is 2. The van der Waals surface area contributed by atoms with Crippen molar-refractivity contribution >= 4 is 11.6 Å². The number of aryl methyl sites for hydroxylation is 1. The maximum Gasteiger partial charge on any atom is 0.231 e. The van der Waals surface area contributed by atoms with E-state index in [1.54, 1.807) is 10.8 Å². The van der Waals surface area contributed by atoms with Crippen LogP contribution < -0.4 is 4.90 Å². The third-order valence-electron chi connectivity index (χ3n) is 3.91. The van der Waals surface area contributed by atoms with Crippen LogP contribution in [-0.4, -0.2) is 22.2 Å². The van der Waals surface area contributed by atoms with E-state index in [9.17, 15) is 4.79 Å². The summed E-state index contributed by atoms with van der Waals surface area (Å²) in [5, 5.41) is 4.19. The molecule has 1 aromatic carbocycles. The van der Waals surface area contributed by atoms with Gasteiger partial charge in [0, 0.05) is 31.4 Å². The van der Waals surface area contributed by atoms with Crippen molar-refractivity contribution in [1.29, 1.82) is 0 Å². The van der Waals surface area contributed by atoms with Crippen molar-refractivity contribution in [2.24, 2.45) is 13.0 Å². The highest BCUT2D eigenvalue weighted by molar-refractivity contribution is 5.97. The van der Waals surface area contributed by atoms with E-state index in [1.165, 1.54) is 0 Å². The van der Waals surface area contributed by atoms with Crippen molar-refractivity contribution in [2.45, 2.75) is 12.3 Å². The first-order chi connectivity index (χ1) is 10.2. The van der Waals surface area contributed by atoms with Crippen molar-refractivity contribution in [3.63, 3.8) is 0 Å². The molecule has 0 spiro atoms. The number of benzene rings is 1. The number of nitrogens with zero attached hydrogens (tertiary/aromatic N) is 3. The highest BCUT2D eigenvalue weighted by atomic mass is 16.2. The van der Waals surface area contributed by atoms with Crippen LogP contribution in [0.5, 0.6) is 0 Å². The van der Waals surface area contributed by atoms with Crippen molar-refractivity contribution in [3.05, 3.63) is 60.9 Å². The predicted molar refractivity (Wildman–Crippen MR) is 83.0 cm³/mol. The molecule has 2 aromatic rings. The molecule has 1 aliphatic rings. The topological polar surface area (TPSA) is 38.1 Å². The first-order valence-electron chi connectivity index (χ1n) is 7.16. The zero-order chi connectivity index (χ0) is 14.8. The van der Waals surface area contributed by atoms with Crippen LogP contribution in [0.2, 0.25) is 0 Å². The summed E-state index contributed by atoms with van der Waals surface area (Å²) in [6.07, 6.45) is 6.54. The van der Waals surface area contributed by atoms with Crippen LogP contribution in [0.25, 0.3) is 0 Å². The standard InChI is InChI=1S/C17H19N3O/c1-3-9-20(14-7-5-4-6-8-14)17(21)16-10-15(16)13-11-18-19(2)12-13/h3-8,11-12,15-16H,1,9-10H2,2H3/t15-,16-/m1/s1. The number of carbonyl (C=O) groups excluding carboxylic acids is 1. The Morgan fingerprint density at radius 3 is 2.86 bits per heavy atom. The maximum absolute atomic E-state index is 12.7. The second kappa shape index (κ2) is 5.56. The predicted octanol–water partition coefficient (Wildman–Crippen LogP) is 2.74. The lowest BCUT2D eigenvalue weighted by Gasteiger charge is -2.21. The number of hydrogen-bond acceptors (Lipinski definition) is 2. The molecule has 1 heterocycles. The second-order valence-corrected chi connectivity index (χ2v) is 5.47. The number of anilines is 1. The summed E-state index contributed by atoms with van der Waals surface area (Å²) in [4.78, 5) is 14.6. The summed E-state index contributed by atoms with van der Waals surface area (Å²) < 4.78 is 1.79. The van der Waals surface area contributed by atoms with Crippen molar-refractivity contribution < 1.29 is 4.79 Å². The fraction of sp³-hybridized carbons (Fsp3) is 0.294. The Balaban J connectivity index is 1.76. The molecule has 1 amide bonds. The van der Waals surface area contributed by atoms with Gasteiger partial charge in [0.1, 0.15) is 0 Å². The normalized spacial score (nSPS) is 20.0. The summed E-state index contributed by atoms with van der Waals surface area (Å²) in [5.74, 6) is 0.548. The van der Waals surface area contributed by atoms with Crippen LogP contribution in [0.1, 0.15) is 17.9 Å². The van der Waals surface area contributed by atoms with Gasteiger partial charge in [-0.25, -0.2) is 0 Å². The third-order valence-corrected chi connectivity index (χ3v) is 3.91. The molecule has 0 aliphatic heterocycles. The smallest absolute Gasteiger partial charge is 0.231 e. The molecule has 1 aliphatic carbocycles. The van der Waals surface area contributed by atoms with Gasteiger partial charge in [-0.3, -0.25) is 9.48 Å². The molecule has 0 radical (unpaired) electrons. The molecule has 0 unspecified atom stereocenters. The zero-order valence-electron chi connectivity index (χ0n) is 12.1. The van der Waals surface area contributed by atoms with Crippen molar-refractivity contribution in [1.82, 2.24) is 9.78 Å². The van der Waals surface area contributed by atoms with Gasteiger partial charge in [0.05, 0.1) is 6.20 Å². The lowest BCUT2D eigenvalue weighted by molar-refractivity contribution is -0.119. The number of carbonyl (C=O) groups is 1. The minimum absolute atomic E-state index is 0.0642. The Bertz CT molecular complexity index is 647. The molecular formula is C17H19N3O. The third kappa shape index (κ3) is 2.75. The monoisotopic (exact) mass is 281 g/mol.